The second kappa shape index (κ2) is 7.22. The Kier molecular flexibility index (Phi) is 6.20. The molecule has 0 amide bonds. The minimum Gasteiger partial charge on any atom is -0.266 e. The summed E-state index contributed by atoms with van der Waals surface area (Å²) in [5.74, 6) is 0.635. The molecule has 0 radical (unpaired) electrons. The molecule has 0 fully saturated rings. The van der Waals surface area contributed by atoms with Gasteiger partial charge in [0.05, 0.1) is 5.69 Å². The van der Waals surface area contributed by atoms with Crippen molar-refractivity contribution in [2.45, 2.75) is 47.1 Å². The molecule has 2 rings (SSSR count). The van der Waals surface area contributed by atoms with Crippen LogP contribution in [0.15, 0.2) is 30.3 Å². The normalized spacial score (nSPS) is 10.9. The van der Waals surface area contributed by atoms with E-state index in [0.29, 0.717) is 12.0 Å². The molecule has 0 atom stereocenters. The van der Waals surface area contributed by atoms with E-state index in [9.17, 15) is 0 Å². The minimum absolute atomic E-state index is 0. The van der Waals surface area contributed by atoms with Crippen molar-refractivity contribution in [2.24, 2.45) is 5.92 Å². The van der Waals surface area contributed by atoms with Gasteiger partial charge in [-0.2, -0.15) is 5.10 Å². The first-order valence-electron chi connectivity index (χ1n) is 7.14. The predicted octanol–water partition coefficient (Wildman–Crippen LogP) is 4.64. The van der Waals surface area contributed by atoms with Gasteiger partial charge in [-0.15, -0.1) is 0 Å². The van der Waals surface area contributed by atoms with Gasteiger partial charge in [0, 0.05) is 38.4 Å². The molecule has 3 heteroatoms. The first kappa shape index (κ1) is 17.2. The Morgan fingerprint density at radius 2 is 1.65 bits per heavy atom. The van der Waals surface area contributed by atoms with Crippen LogP contribution in [0.5, 0.6) is 0 Å². The van der Waals surface area contributed by atoms with E-state index in [2.05, 4.69) is 69.6 Å². The Morgan fingerprint density at radius 1 is 1.05 bits per heavy atom. The van der Waals surface area contributed by atoms with Crippen molar-refractivity contribution in [2.75, 3.05) is 0 Å². The van der Waals surface area contributed by atoms with Crippen LogP contribution in [0, 0.1) is 12.8 Å². The Balaban J connectivity index is 0.00000200. The first-order chi connectivity index (χ1) is 9.00. The Labute approximate surface area is 136 Å². The SMILES string of the molecule is Cc1nn(C(C)C)c(CC(C)C)c1-c1ccccc1.[Pt]. The van der Waals surface area contributed by atoms with Crippen molar-refractivity contribution in [3.05, 3.63) is 41.7 Å². The van der Waals surface area contributed by atoms with Crippen LogP contribution in [0.4, 0.5) is 0 Å². The molecule has 2 aromatic rings. The van der Waals surface area contributed by atoms with Crippen LogP contribution in [0.2, 0.25) is 0 Å². The van der Waals surface area contributed by atoms with Gasteiger partial charge in [-0.25, -0.2) is 0 Å². The number of hydrogen-bond acceptors (Lipinski definition) is 1. The zero-order valence-electron chi connectivity index (χ0n) is 13.0. The van der Waals surface area contributed by atoms with Crippen LogP contribution >= 0.6 is 0 Å². The molecule has 0 N–H and O–H groups in total. The zero-order valence-corrected chi connectivity index (χ0v) is 15.2. The Bertz CT molecular complexity index is 542. The monoisotopic (exact) mass is 451 g/mol. The quantitative estimate of drug-likeness (QED) is 0.663. The van der Waals surface area contributed by atoms with Crippen LogP contribution < -0.4 is 0 Å². The smallest absolute Gasteiger partial charge is 0.0675 e. The van der Waals surface area contributed by atoms with E-state index in [1.807, 2.05) is 0 Å². The minimum atomic E-state index is 0. The van der Waals surface area contributed by atoms with E-state index in [1.54, 1.807) is 0 Å². The van der Waals surface area contributed by atoms with Crippen LogP contribution in [-0.4, -0.2) is 9.78 Å². The first-order valence-corrected chi connectivity index (χ1v) is 7.14. The molecule has 20 heavy (non-hydrogen) atoms. The average molecular weight is 451 g/mol. The van der Waals surface area contributed by atoms with Crippen molar-refractivity contribution in [3.63, 3.8) is 0 Å². The van der Waals surface area contributed by atoms with E-state index in [1.165, 1.54) is 16.8 Å². The number of aryl methyl sites for hydroxylation is 1. The van der Waals surface area contributed by atoms with E-state index < -0.39 is 0 Å². The molecule has 1 heterocycles. The van der Waals surface area contributed by atoms with Gasteiger partial charge in [-0.3, -0.25) is 4.68 Å². The van der Waals surface area contributed by atoms with Crippen molar-refractivity contribution in [1.82, 2.24) is 9.78 Å². The third-order valence-corrected chi connectivity index (χ3v) is 3.34. The molecular formula is C17H24N2Pt. The number of nitrogens with zero attached hydrogens (tertiary/aromatic N) is 2. The van der Waals surface area contributed by atoms with Gasteiger partial charge in [0.25, 0.3) is 0 Å². The molecule has 0 spiro atoms. The van der Waals surface area contributed by atoms with Gasteiger partial charge in [0.2, 0.25) is 0 Å². The predicted molar refractivity (Wildman–Crippen MR) is 81.3 cm³/mol. The summed E-state index contributed by atoms with van der Waals surface area (Å²) >= 11 is 0. The third-order valence-electron chi connectivity index (χ3n) is 3.34. The maximum absolute atomic E-state index is 4.76. The van der Waals surface area contributed by atoms with Crippen LogP contribution in [0.1, 0.15) is 45.1 Å². The third kappa shape index (κ3) is 3.61. The molecular weight excluding hydrogens is 427 g/mol. The van der Waals surface area contributed by atoms with Gasteiger partial charge < -0.3 is 0 Å². The molecule has 112 valence electrons. The molecule has 0 aliphatic rings. The fourth-order valence-corrected chi connectivity index (χ4v) is 2.59. The van der Waals surface area contributed by atoms with Crippen LogP contribution in [0.25, 0.3) is 11.1 Å². The van der Waals surface area contributed by atoms with Gasteiger partial charge in [-0.05, 0) is 38.7 Å². The summed E-state index contributed by atoms with van der Waals surface area (Å²) in [5.41, 5.74) is 5.11. The number of benzene rings is 1. The zero-order chi connectivity index (χ0) is 14.0. The number of hydrogen-bond donors (Lipinski definition) is 0. The molecule has 0 saturated heterocycles. The second-order valence-corrected chi connectivity index (χ2v) is 5.91. The topological polar surface area (TPSA) is 17.8 Å². The van der Waals surface area contributed by atoms with Gasteiger partial charge in [-0.1, -0.05) is 44.2 Å². The molecule has 0 saturated carbocycles. The summed E-state index contributed by atoms with van der Waals surface area (Å²) in [7, 11) is 0. The van der Waals surface area contributed by atoms with Gasteiger partial charge in [0.1, 0.15) is 0 Å². The molecule has 0 aliphatic carbocycles. The fraction of sp³-hybridized carbons (Fsp3) is 0.471. The molecule has 0 bridgehead atoms. The molecule has 0 aliphatic heterocycles. The van der Waals surface area contributed by atoms with Gasteiger partial charge in [0.15, 0.2) is 0 Å². The van der Waals surface area contributed by atoms with E-state index in [-0.39, 0.29) is 21.1 Å². The number of aromatic nitrogens is 2. The molecule has 0 unspecified atom stereocenters. The summed E-state index contributed by atoms with van der Waals surface area (Å²) < 4.78 is 2.19. The van der Waals surface area contributed by atoms with Crippen molar-refractivity contribution in [1.29, 1.82) is 0 Å². The fourth-order valence-electron chi connectivity index (χ4n) is 2.59. The van der Waals surface area contributed by atoms with E-state index in [4.69, 9.17) is 5.10 Å². The Hall–Kier alpha value is -0.882. The average Bonchev–Trinajstić information content (AvgIpc) is 2.66. The maximum atomic E-state index is 4.76. The molecule has 1 aromatic carbocycles. The van der Waals surface area contributed by atoms with E-state index in [0.717, 1.165) is 12.1 Å². The number of rotatable bonds is 4. The van der Waals surface area contributed by atoms with Crippen molar-refractivity contribution >= 4 is 0 Å². The second-order valence-electron chi connectivity index (χ2n) is 5.91. The van der Waals surface area contributed by atoms with E-state index >= 15 is 0 Å². The van der Waals surface area contributed by atoms with Crippen LogP contribution in [0.3, 0.4) is 0 Å². The Morgan fingerprint density at radius 3 is 2.15 bits per heavy atom. The van der Waals surface area contributed by atoms with Crippen molar-refractivity contribution in [3.8, 4) is 11.1 Å². The van der Waals surface area contributed by atoms with Crippen LogP contribution in [-0.2, 0) is 27.5 Å². The summed E-state index contributed by atoms with van der Waals surface area (Å²) in [6.45, 7) is 11.0. The van der Waals surface area contributed by atoms with Crippen molar-refractivity contribution < 1.29 is 21.1 Å². The molecule has 1 aromatic heterocycles. The standard InChI is InChI=1S/C17H24N2.Pt/c1-12(2)11-16-17(15-9-7-6-8-10-15)14(5)18-19(16)13(3)4;/h6-10,12-13H,11H2,1-5H3;. The summed E-state index contributed by atoms with van der Waals surface area (Å²) in [4.78, 5) is 0. The largest absolute Gasteiger partial charge is 0.266 e. The molecule has 2 nitrogen and oxygen atoms in total. The maximum Gasteiger partial charge on any atom is 0.0675 e. The van der Waals surface area contributed by atoms with Gasteiger partial charge >= 0.3 is 0 Å². The summed E-state index contributed by atoms with van der Waals surface area (Å²) in [5, 5.41) is 4.76. The summed E-state index contributed by atoms with van der Waals surface area (Å²) in [6.07, 6.45) is 1.07. The summed E-state index contributed by atoms with van der Waals surface area (Å²) in [6, 6.07) is 11.0.